The second kappa shape index (κ2) is 6.59. The zero-order valence-corrected chi connectivity index (χ0v) is 14.4. The van der Waals surface area contributed by atoms with Gasteiger partial charge in [0.25, 0.3) is 5.91 Å². The van der Waals surface area contributed by atoms with Crippen LogP contribution in [0.5, 0.6) is 0 Å². The molecule has 0 N–H and O–H groups in total. The number of thiophene rings is 1. The number of piperazine rings is 1. The van der Waals surface area contributed by atoms with E-state index in [1.807, 2.05) is 4.90 Å². The number of amides is 1. The normalized spacial score (nSPS) is 21.8. The third kappa shape index (κ3) is 3.13. The van der Waals surface area contributed by atoms with E-state index in [1.165, 1.54) is 5.56 Å². The molecule has 0 aromatic carbocycles. The Balaban J connectivity index is 1.37. The molecule has 0 saturated carbocycles. The maximum Gasteiger partial charge on any atom is 0.251 e. The van der Waals surface area contributed by atoms with E-state index in [2.05, 4.69) is 27.1 Å². The topological polar surface area (TPSA) is 45.7 Å². The highest BCUT2D eigenvalue weighted by Gasteiger charge is 2.30. The zero-order valence-electron chi connectivity index (χ0n) is 12.8. The lowest BCUT2D eigenvalue weighted by atomic mass is 10.2. The molecule has 4 rings (SSSR count). The van der Waals surface area contributed by atoms with Gasteiger partial charge in [-0.25, -0.2) is 4.98 Å². The third-order valence-electron chi connectivity index (χ3n) is 4.38. The molecule has 2 aliphatic rings. The van der Waals surface area contributed by atoms with Crippen molar-refractivity contribution < 1.29 is 9.53 Å². The number of anilines is 1. The predicted octanol–water partition coefficient (Wildman–Crippen LogP) is 2.70. The lowest BCUT2D eigenvalue weighted by Crippen LogP contribution is -2.51. The van der Waals surface area contributed by atoms with Gasteiger partial charge in [0.15, 0.2) is 5.13 Å². The molecule has 2 fully saturated rings. The lowest BCUT2D eigenvalue weighted by molar-refractivity contribution is -0.141. The third-order valence-corrected chi connectivity index (χ3v) is 5.96. The fraction of sp³-hybridized carbons (Fsp3) is 0.500. The maximum atomic E-state index is 12.4. The Morgan fingerprint density at radius 2 is 2.13 bits per heavy atom. The van der Waals surface area contributed by atoms with Gasteiger partial charge in [-0.3, -0.25) is 4.79 Å². The molecule has 1 unspecified atom stereocenters. The number of aromatic nitrogens is 1. The number of nitrogens with zero attached hydrogens (tertiary/aromatic N) is 3. The summed E-state index contributed by atoms with van der Waals surface area (Å²) in [6.45, 7) is 3.92. The van der Waals surface area contributed by atoms with Gasteiger partial charge in [-0.15, -0.1) is 11.3 Å². The Kier molecular flexibility index (Phi) is 4.33. The standard InChI is InChI=1S/C16H19N3O2S2/c20-15(14-2-1-8-21-14)18-4-6-19(7-5-18)16-17-13(11-23-16)12-3-9-22-10-12/h3,9-11,14H,1-2,4-8H2. The minimum absolute atomic E-state index is 0.167. The lowest BCUT2D eigenvalue weighted by Gasteiger charge is -2.35. The fourth-order valence-corrected chi connectivity index (χ4v) is 4.58. The molecule has 0 aliphatic carbocycles. The molecule has 0 radical (unpaired) electrons. The molecule has 7 heteroatoms. The van der Waals surface area contributed by atoms with Gasteiger partial charge in [0, 0.05) is 49.1 Å². The molecule has 122 valence electrons. The number of carbonyl (C=O) groups is 1. The van der Waals surface area contributed by atoms with Gasteiger partial charge in [0.2, 0.25) is 0 Å². The number of carbonyl (C=O) groups excluding carboxylic acids is 1. The van der Waals surface area contributed by atoms with E-state index in [0.717, 1.165) is 56.5 Å². The summed E-state index contributed by atoms with van der Waals surface area (Å²) < 4.78 is 5.51. The van der Waals surface area contributed by atoms with Crippen LogP contribution in [0.4, 0.5) is 5.13 Å². The summed E-state index contributed by atoms with van der Waals surface area (Å²) in [7, 11) is 0. The molecule has 0 bridgehead atoms. The summed E-state index contributed by atoms with van der Waals surface area (Å²) in [6.07, 6.45) is 1.67. The van der Waals surface area contributed by atoms with Crippen LogP contribution in [0.15, 0.2) is 22.2 Å². The molecule has 0 spiro atoms. The predicted molar refractivity (Wildman–Crippen MR) is 93.2 cm³/mol. The summed E-state index contributed by atoms with van der Waals surface area (Å²) in [4.78, 5) is 21.3. The summed E-state index contributed by atoms with van der Waals surface area (Å²) in [6, 6.07) is 2.10. The van der Waals surface area contributed by atoms with Crippen molar-refractivity contribution in [2.24, 2.45) is 0 Å². The van der Waals surface area contributed by atoms with Crippen molar-refractivity contribution in [3.63, 3.8) is 0 Å². The van der Waals surface area contributed by atoms with E-state index in [1.54, 1.807) is 22.7 Å². The van der Waals surface area contributed by atoms with Crippen LogP contribution >= 0.6 is 22.7 Å². The number of hydrogen-bond donors (Lipinski definition) is 0. The second-order valence-corrected chi connectivity index (χ2v) is 7.46. The quantitative estimate of drug-likeness (QED) is 0.855. The van der Waals surface area contributed by atoms with Crippen molar-refractivity contribution in [3.05, 3.63) is 22.2 Å². The molecule has 2 saturated heterocycles. The average Bonchev–Trinajstić information content (AvgIpc) is 3.36. The number of thiazole rings is 1. The Bertz CT molecular complexity index is 657. The van der Waals surface area contributed by atoms with Gasteiger partial charge in [-0.1, -0.05) is 0 Å². The molecule has 1 atom stereocenters. The molecule has 4 heterocycles. The van der Waals surface area contributed by atoms with Gasteiger partial charge in [0.05, 0.1) is 5.69 Å². The monoisotopic (exact) mass is 349 g/mol. The summed E-state index contributed by atoms with van der Waals surface area (Å²) >= 11 is 3.37. The molecule has 2 aromatic heterocycles. The number of rotatable bonds is 3. The van der Waals surface area contributed by atoms with Crippen molar-refractivity contribution in [1.29, 1.82) is 0 Å². The van der Waals surface area contributed by atoms with E-state index in [0.29, 0.717) is 0 Å². The van der Waals surface area contributed by atoms with Crippen LogP contribution in [0, 0.1) is 0 Å². The van der Waals surface area contributed by atoms with Crippen molar-refractivity contribution in [3.8, 4) is 11.3 Å². The van der Waals surface area contributed by atoms with E-state index in [-0.39, 0.29) is 12.0 Å². The minimum atomic E-state index is -0.202. The van der Waals surface area contributed by atoms with Crippen LogP contribution in [0.25, 0.3) is 11.3 Å². The molecular weight excluding hydrogens is 330 g/mol. The van der Waals surface area contributed by atoms with Crippen LogP contribution in [0.3, 0.4) is 0 Å². The molecule has 5 nitrogen and oxygen atoms in total. The van der Waals surface area contributed by atoms with Crippen LogP contribution in [0.1, 0.15) is 12.8 Å². The van der Waals surface area contributed by atoms with Gasteiger partial charge < -0.3 is 14.5 Å². The second-order valence-electron chi connectivity index (χ2n) is 5.84. The molecule has 2 aromatic rings. The van der Waals surface area contributed by atoms with Crippen LogP contribution in [0.2, 0.25) is 0 Å². The highest BCUT2D eigenvalue weighted by molar-refractivity contribution is 7.14. The first-order valence-electron chi connectivity index (χ1n) is 7.95. The van der Waals surface area contributed by atoms with Crippen LogP contribution < -0.4 is 4.90 Å². The maximum absolute atomic E-state index is 12.4. The van der Waals surface area contributed by atoms with Crippen molar-refractivity contribution in [2.45, 2.75) is 18.9 Å². The van der Waals surface area contributed by atoms with Crippen molar-refractivity contribution in [1.82, 2.24) is 9.88 Å². The first-order valence-corrected chi connectivity index (χ1v) is 9.77. The molecule has 23 heavy (non-hydrogen) atoms. The van der Waals surface area contributed by atoms with E-state index in [9.17, 15) is 4.79 Å². The highest BCUT2D eigenvalue weighted by Crippen LogP contribution is 2.29. The van der Waals surface area contributed by atoms with Gasteiger partial charge >= 0.3 is 0 Å². The van der Waals surface area contributed by atoms with Gasteiger partial charge in [-0.05, 0) is 24.3 Å². The molecule has 1 amide bonds. The van der Waals surface area contributed by atoms with Crippen molar-refractivity contribution in [2.75, 3.05) is 37.7 Å². The Morgan fingerprint density at radius 3 is 2.83 bits per heavy atom. The summed E-state index contributed by atoms with van der Waals surface area (Å²) in [5, 5.41) is 7.36. The summed E-state index contributed by atoms with van der Waals surface area (Å²) in [5.74, 6) is 0.167. The summed E-state index contributed by atoms with van der Waals surface area (Å²) in [5.41, 5.74) is 2.23. The molecular formula is C16H19N3O2S2. The Hall–Kier alpha value is -1.44. The zero-order chi connectivity index (χ0) is 15.6. The van der Waals surface area contributed by atoms with Crippen LogP contribution in [-0.4, -0.2) is 54.7 Å². The smallest absolute Gasteiger partial charge is 0.251 e. The molecule has 2 aliphatic heterocycles. The highest BCUT2D eigenvalue weighted by atomic mass is 32.1. The van der Waals surface area contributed by atoms with Crippen LogP contribution in [-0.2, 0) is 9.53 Å². The first-order chi connectivity index (χ1) is 11.3. The minimum Gasteiger partial charge on any atom is -0.368 e. The van der Waals surface area contributed by atoms with Crippen molar-refractivity contribution >= 4 is 33.7 Å². The Morgan fingerprint density at radius 1 is 1.26 bits per heavy atom. The SMILES string of the molecule is O=C(C1CCCO1)N1CCN(c2nc(-c3ccsc3)cs2)CC1. The largest absolute Gasteiger partial charge is 0.368 e. The Labute approximate surface area is 143 Å². The fourth-order valence-electron chi connectivity index (χ4n) is 3.05. The first kappa shape index (κ1) is 15.1. The van der Waals surface area contributed by atoms with E-state index < -0.39 is 0 Å². The average molecular weight is 349 g/mol. The van der Waals surface area contributed by atoms with Gasteiger partial charge in [0.1, 0.15) is 6.10 Å². The van der Waals surface area contributed by atoms with E-state index >= 15 is 0 Å². The number of ether oxygens (including phenoxy) is 1. The van der Waals surface area contributed by atoms with Gasteiger partial charge in [-0.2, -0.15) is 11.3 Å². The van der Waals surface area contributed by atoms with E-state index in [4.69, 9.17) is 9.72 Å². The number of hydrogen-bond acceptors (Lipinski definition) is 6.